The highest BCUT2D eigenvalue weighted by Crippen LogP contribution is 2.39. The van der Waals surface area contributed by atoms with E-state index in [1.165, 1.54) is 12.0 Å². The molecule has 1 aliphatic rings. The number of halogens is 1. The molecular formula is C31H32ClNO5S. The molecule has 4 rings (SSSR count). The Bertz CT molecular complexity index is 1420. The zero-order valence-electron chi connectivity index (χ0n) is 22.7. The van der Waals surface area contributed by atoms with Gasteiger partial charge in [-0.15, -0.1) is 0 Å². The number of thioether (sulfide) groups is 1. The largest absolute Gasteiger partial charge is 0.493 e. The van der Waals surface area contributed by atoms with Crippen LogP contribution in [0.4, 0.5) is 4.79 Å². The average molecular weight is 566 g/mol. The lowest BCUT2D eigenvalue weighted by molar-refractivity contribution is -0.123. The van der Waals surface area contributed by atoms with Gasteiger partial charge in [0.2, 0.25) is 0 Å². The summed E-state index contributed by atoms with van der Waals surface area (Å²) in [6.07, 6.45) is 1.64. The van der Waals surface area contributed by atoms with Crippen molar-refractivity contribution in [2.24, 2.45) is 0 Å². The van der Waals surface area contributed by atoms with Gasteiger partial charge in [0, 0.05) is 0 Å². The van der Waals surface area contributed by atoms with Crippen LogP contribution in [0.3, 0.4) is 0 Å². The van der Waals surface area contributed by atoms with Crippen molar-refractivity contribution in [1.82, 2.24) is 4.90 Å². The monoisotopic (exact) mass is 565 g/mol. The number of benzene rings is 3. The van der Waals surface area contributed by atoms with Gasteiger partial charge in [-0.1, -0.05) is 61.8 Å². The fourth-order valence-electron chi connectivity index (χ4n) is 4.22. The molecule has 0 radical (unpaired) electrons. The number of ether oxygens (including phenoxy) is 3. The molecule has 0 spiro atoms. The third-order valence-corrected chi connectivity index (χ3v) is 7.61. The van der Waals surface area contributed by atoms with Crippen molar-refractivity contribution in [2.75, 3.05) is 20.3 Å². The zero-order valence-corrected chi connectivity index (χ0v) is 24.3. The van der Waals surface area contributed by atoms with Crippen LogP contribution >= 0.6 is 23.4 Å². The number of nitrogens with zero attached hydrogens (tertiary/aromatic N) is 1. The van der Waals surface area contributed by atoms with Crippen LogP contribution in [0.2, 0.25) is 5.02 Å². The highest BCUT2D eigenvalue weighted by molar-refractivity contribution is 8.18. The Balaban J connectivity index is 1.45. The lowest BCUT2D eigenvalue weighted by Gasteiger charge is -2.17. The molecule has 0 aromatic heterocycles. The van der Waals surface area contributed by atoms with Crippen LogP contribution in [0.5, 0.6) is 17.2 Å². The number of aryl methyl sites for hydroxylation is 2. The molecule has 2 amide bonds. The molecule has 0 N–H and O–H groups in total. The molecule has 3 aromatic rings. The number of methoxy groups -OCH3 is 1. The molecule has 0 atom stereocenters. The summed E-state index contributed by atoms with van der Waals surface area (Å²) in [5, 5.41) is 0.0142. The maximum atomic E-state index is 13.1. The summed E-state index contributed by atoms with van der Waals surface area (Å²) in [5.41, 5.74) is 4.96. The van der Waals surface area contributed by atoms with Gasteiger partial charge in [0.25, 0.3) is 11.1 Å². The highest BCUT2D eigenvalue weighted by Gasteiger charge is 2.35. The maximum absolute atomic E-state index is 13.1. The smallest absolute Gasteiger partial charge is 0.293 e. The van der Waals surface area contributed by atoms with Crippen LogP contribution < -0.4 is 14.2 Å². The van der Waals surface area contributed by atoms with Crippen molar-refractivity contribution in [1.29, 1.82) is 0 Å². The molecule has 1 fully saturated rings. The molecule has 0 unspecified atom stereocenters. The third-order valence-electron chi connectivity index (χ3n) is 6.42. The minimum atomic E-state index is -0.364. The Morgan fingerprint density at radius 1 is 1.00 bits per heavy atom. The Morgan fingerprint density at radius 2 is 1.77 bits per heavy atom. The third kappa shape index (κ3) is 6.78. The van der Waals surface area contributed by atoms with Gasteiger partial charge in [0.15, 0.2) is 11.5 Å². The Kier molecular flexibility index (Phi) is 9.25. The van der Waals surface area contributed by atoms with Crippen molar-refractivity contribution in [3.05, 3.63) is 92.3 Å². The van der Waals surface area contributed by atoms with Crippen LogP contribution in [-0.2, 0) is 11.4 Å². The minimum absolute atomic E-state index is 0.156. The molecule has 0 saturated carbocycles. The van der Waals surface area contributed by atoms with Crippen LogP contribution in [0.25, 0.3) is 6.08 Å². The van der Waals surface area contributed by atoms with Crippen LogP contribution in [0.15, 0.2) is 59.5 Å². The molecule has 8 heteroatoms. The maximum Gasteiger partial charge on any atom is 0.293 e. The van der Waals surface area contributed by atoms with E-state index in [9.17, 15) is 9.59 Å². The zero-order chi connectivity index (χ0) is 28.1. The number of hydrogen-bond acceptors (Lipinski definition) is 6. The fourth-order valence-corrected chi connectivity index (χ4v) is 5.36. The van der Waals surface area contributed by atoms with Gasteiger partial charge in [-0.2, -0.15) is 0 Å². The van der Waals surface area contributed by atoms with Crippen molar-refractivity contribution < 1.29 is 23.8 Å². The number of carbonyl (C=O) groups is 2. The van der Waals surface area contributed by atoms with Crippen molar-refractivity contribution in [2.45, 2.75) is 40.2 Å². The molecule has 39 heavy (non-hydrogen) atoms. The summed E-state index contributed by atoms with van der Waals surface area (Å²) in [6.45, 7) is 8.92. The molecule has 1 heterocycles. The lowest BCUT2D eigenvalue weighted by atomic mass is 10.0. The first-order valence-electron chi connectivity index (χ1n) is 12.7. The molecule has 1 aliphatic heterocycles. The van der Waals surface area contributed by atoms with E-state index in [1.54, 1.807) is 18.2 Å². The summed E-state index contributed by atoms with van der Waals surface area (Å²) in [4.78, 5) is 27.2. The second-order valence-corrected chi connectivity index (χ2v) is 11.0. The van der Waals surface area contributed by atoms with Crippen molar-refractivity contribution in [3.63, 3.8) is 0 Å². The van der Waals surface area contributed by atoms with E-state index in [4.69, 9.17) is 25.8 Å². The van der Waals surface area contributed by atoms with E-state index in [0.717, 1.165) is 39.8 Å². The Hall–Kier alpha value is -3.42. The van der Waals surface area contributed by atoms with Gasteiger partial charge in [0.1, 0.15) is 19.0 Å². The summed E-state index contributed by atoms with van der Waals surface area (Å²) in [7, 11) is 1.53. The van der Waals surface area contributed by atoms with Gasteiger partial charge in [-0.05, 0) is 83.6 Å². The minimum Gasteiger partial charge on any atom is -0.493 e. The number of carbonyl (C=O) groups excluding carboxylic acids is 2. The number of imide groups is 1. The van der Waals surface area contributed by atoms with E-state index in [-0.39, 0.29) is 24.3 Å². The van der Waals surface area contributed by atoms with Crippen molar-refractivity contribution in [3.8, 4) is 17.2 Å². The van der Waals surface area contributed by atoms with Gasteiger partial charge < -0.3 is 14.2 Å². The molecule has 0 bridgehead atoms. The van der Waals surface area contributed by atoms with E-state index in [1.807, 2.05) is 50.2 Å². The first kappa shape index (κ1) is 28.6. The molecule has 204 valence electrons. The summed E-state index contributed by atoms with van der Waals surface area (Å²) in [6, 6.07) is 17.5. The summed E-state index contributed by atoms with van der Waals surface area (Å²) < 4.78 is 17.5. The molecule has 1 saturated heterocycles. The molecule has 6 nitrogen and oxygen atoms in total. The van der Waals surface area contributed by atoms with E-state index in [0.29, 0.717) is 39.5 Å². The first-order valence-corrected chi connectivity index (χ1v) is 13.9. The normalized spacial score (nSPS) is 14.4. The molecular weight excluding hydrogens is 534 g/mol. The standard InChI is InChI=1S/C31H32ClNO5S/c1-19(2)24-11-10-20(3)14-26(24)37-13-12-33-30(34)28(39-31(33)35)17-22-15-25(32)29(27(16-22)36-5)38-18-23-9-7-6-8-21(23)4/h6-11,14-17,19H,12-13,18H2,1-5H3/b28-17-. The fraction of sp³-hybridized carbons (Fsp3) is 0.290. The second-order valence-electron chi connectivity index (χ2n) is 9.63. The average Bonchev–Trinajstić information content (AvgIpc) is 3.15. The highest BCUT2D eigenvalue weighted by atomic mass is 35.5. The van der Waals surface area contributed by atoms with Crippen LogP contribution in [0.1, 0.15) is 47.6 Å². The molecule has 3 aromatic carbocycles. The number of hydrogen-bond donors (Lipinski definition) is 0. The Morgan fingerprint density at radius 3 is 2.49 bits per heavy atom. The van der Waals surface area contributed by atoms with Crippen LogP contribution in [-0.4, -0.2) is 36.3 Å². The van der Waals surface area contributed by atoms with E-state index < -0.39 is 0 Å². The predicted molar refractivity (Wildman–Crippen MR) is 157 cm³/mol. The van der Waals surface area contributed by atoms with Crippen molar-refractivity contribution >= 4 is 40.6 Å². The van der Waals surface area contributed by atoms with E-state index >= 15 is 0 Å². The number of rotatable bonds is 10. The second kappa shape index (κ2) is 12.6. The lowest BCUT2D eigenvalue weighted by Crippen LogP contribution is -2.32. The van der Waals surface area contributed by atoms with Gasteiger partial charge in [0.05, 0.1) is 23.6 Å². The topological polar surface area (TPSA) is 65.1 Å². The summed E-state index contributed by atoms with van der Waals surface area (Å²) in [5.74, 6) is 1.57. The number of amides is 2. The Labute approximate surface area is 238 Å². The van der Waals surface area contributed by atoms with E-state index in [2.05, 4.69) is 19.9 Å². The van der Waals surface area contributed by atoms with Gasteiger partial charge in [-0.3, -0.25) is 14.5 Å². The first-order chi connectivity index (χ1) is 18.7. The van der Waals surface area contributed by atoms with Crippen LogP contribution in [0, 0.1) is 13.8 Å². The van der Waals surface area contributed by atoms with Gasteiger partial charge >= 0.3 is 0 Å². The summed E-state index contributed by atoms with van der Waals surface area (Å²) >= 11 is 7.45. The molecule has 0 aliphatic carbocycles. The quantitative estimate of drug-likeness (QED) is 0.234. The van der Waals surface area contributed by atoms with Gasteiger partial charge in [-0.25, -0.2) is 0 Å². The predicted octanol–water partition coefficient (Wildman–Crippen LogP) is 7.78. The SMILES string of the molecule is COc1cc(/C=C2\SC(=O)N(CCOc3cc(C)ccc3C(C)C)C2=O)cc(Cl)c1OCc1ccccc1C.